The Labute approximate surface area is 108 Å². The summed E-state index contributed by atoms with van der Waals surface area (Å²) >= 11 is 0. The molecule has 0 aliphatic heterocycles. The van der Waals surface area contributed by atoms with Gasteiger partial charge in [-0.1, -0.05) is 18.2 Å². The normalized spacial score (nSPS) is 27.6. The van der Waals surface area contributed by atoms with Crippen molar-refractivity contribution in [3.05, 3.63) is 30.3 Å². The summed E-state index contributed by atoms with van der Waals surface area (Å²) in [4.78, 5) is 0. The van der Waals surface area contributed by atoms with Crippen molar-refractivity contribution in [2.45, 2.75) is 37.3 Å². The summed E-state index contributed by atoms with van der Waals surface area (Å²) in [5.41, 5.74) is 0.0180. The zero-order chi connectivity index (χ0) is 11.4. The van der Waals surface area contributed by atoms with Gasteiger partial charge < -0.3 is 10.4 Å². The Morgan fingerprint density at radius 3 is 2.35 bits per heavy atom. The van der Waals surface area contributed by atoms with E-state index in [9.17, 15) is 5.11 Å². The molecule has 1 aliphatic rings. The molecule has 1 aromatic rings. The van der Waals surface area contributed by atoms with E-state index in [2.05, 4.69) is 5.32 Å². The molecule has 0 aromatic heterocycles. The van der Waals surface area contributed by atoms with Crippen molar-refractivity contribution in [1.29, 1.82) is 5.26 Å². The summed E-state index contributed by atoms with van der Waals surface area (Å²) in [6.07, 6.45) is 2.82. The van der Waals surface area contributed by atoms with Crippen LogP contribution in [0.5, 0.6) is 0 Å². The highest BCUT2D eigenvalue weighted by Crippen LogP contribution is 2.29. The quantitative estimate of drug-likeness (QED) is 0.796. The summed E-state index contributed by atoms with van der Waals surface area (Å²) < 4.78 is 0. The summed E-state index contributed by atoms with van der Waals surface area (Å²) in [6, 6.07) is 12.4. The standard InChI is InChI=1S/C13H16N2O.ClH/c14-10-13(16)8-6-12(7-9-13)15-11-4-2-1-3-5-11;/h1-5,12,15-16H,6-9H2;1H. The Bertz CT molecular complexity index is 380. The van der Waals surface area contributed by atoms with E-state index < -0.39 is 5.60 Å². The van der Waals surface area contributed by atoms with Crippen LogP contribution in [0.4, 0.5) is 5.69 Å². The molecule has 17 heavy (non-hydrogen) atoms. The number of nitrogens with zero attached hydrogens (tertiary/aromatic N) is 1. The fraction of sp³-hybridized carbons (Fsp3) is 0.462. The Morgan fingerprint density at radius 1 is 1.24 bits per heavy atom. The highest BCUT2D eigenvalue weighted by Gasteiger charge is 2.32. The van der Waals surface area contributed by atoms with Crippen molar-refractivity contribution >= 4 is 18.1 Å². The molecule has 0 heterocycles. The first-order valence-electron chi connectivity index (χ1n) is 5.67. The number of rotatable bonds is 2. The molecule has 2 rings (SSSR count). The minimum absolute atomic E-state index is 0. The lowest BCUT2D eigenvalue weighted by Gasteiger charge is -2.31. The number of para-hydroxylation sites is 1. The number of nitrogens with one attached hydrogen (secondary N) is 1. The maximum atomic E-state index is 9.77. The van der Waals surface area contributed by atoms with Gasteiger partial charge in [0.05, 0.1) is 6.07 Å². The molecule has 0 amide bonds. The van der Waals surface area contributed by atoms with Gasteiger partial charge in [-0.05, 0) is 37.8 Å². The summed E-state index contributed by atoms with van der Waals surface area (Å²) in [6.45, 7) is 0. The summed E-state index contributed by atoms with van der Waals surface area (Å²) in [5, 5.41) is 22.0. The van der Waals surface area contributed by atoms with Crippen LogP contribution in [0.3, 0.4) is 0 Å². The molecular formula is C13H17ClN2O. The van der Waals surface area contributed by atoms with Crippen LogP contribution < -0.4 is 5.32 Å². The Kier molecular flexibility index (Phi) is 4.80. The largest absolute Gasteiger partial charge is 0.382 e. The average Bonchev–Trinajstić information content (AvgIpc) is 2.34. The molecule has 0 radical (unpaired) electrons. The van der Waals surface area contributed by atoms with Crippen LogP contribution in [-0.4, -0.2) is 16.7 Å². The highest BCUT2D eigenvalue weighted by atomic mass is 35.5. The molecule has 92 valence electrons. The van der Waals surface area contributed by atoms with Crippen LogP contribution in [0, 0.1) is 11.3 Å². The van der Waals surface area contributed by atoms with Gasteiger partial charge in [-0.25, -0.2) is 0 Å². The van der Waals surface area contributed by atoms with Gasteiger partial charge in [0.25, 0.3) is 0 Å². The van der Waals surface area contributed by atoms with E-state index in [0.29, 0.717) is 18.9 Å². The number of hydrogen-bond donors (Lipinski definition) is 2. The molecular weight excluding hydrogens is 236 g/mol. The number of hydrogen-bond acceptors (Lipinski definition) is 3. The fourth-order valence-electron chi connectivity index (χ4n) is 2.12. The number of benzene rings is 1. The Balaban J connectivity index is 0.00000144. The van der Waals surface area contributed by atoms with E-state index in [-0.39, 0.29) is 12.4 Å². The molecule has 0 atom stereocenters. The zero-order valence-corrected chi connectivity index (χ0v) is 10.4. The molecule has 1 aromatic carbocycles. The van der Waals surface area contributed by atoms with Crippen LogP contribution in [0.25, 0.3) is 0 Å². The second kappa shape index (κ2) is 5.90. The van der Waals surface area contributed by atoms with Crippen molar-refractivity contribution in [2.24, 2.45) is 0 Å². The van der Waals surface area contributed by atoms with Crippen molar-refractivity contribution in [3.63, 3.8) is 0 Å². The van der Waals surface area contributed by atoms with E-state index in [1.54, 1.807) is 0 Å². The molecule has 1 saturated carbocycles. The number of halogens is 1. The summed E-state index contributed by atoms with van der Waals surface area (Å²) in [5.74, 6) is 0. The van der Waals surface area contributed by atoms with Gasteiger partial charge in [0.1, 0.15) is 0 Å². The smallest absolute Gasteiger partial charge is 0.151 e. The monoisotopic (exact) mass is 252 g/mol. The lowest BCUT2D eigenvalue weighted by molar-refractivity contribution is 0.0555. The predicted molar refractivity (Wildman–Crippen MR) is 70.1 cm³/mol. The van der Waals surface area contributed by atoms with Crippen molar-refractivity contribution in [1.82, 2.24) is 0 Å². The maximum absolute atomic E-state index is 9.77. The van der Waals surface area contributed by atoms with Gasteiger partial charge in [-0.15, -0.1) is 12.4 Å². The van der Waals surface area contributed by atoms with E-state index in [1.807, 2.05) is 36.4 Å². The summed E-state index contributed by atoms with van der Waals surface area (Å²) in [7, 11) is 0. The van der Waals surface area contributed by atoms with E-state index >= 15 is 0 Å². The van der Waals surface area contributed by atoms with Gasteiger partial charge in [0.2, 0.25) is 0 Å². The molecule has 0 saturated heterocycles. The van der Waals surface area contributed by atoms with Crippen LogP contribution in [-0.2, 0) is 0 Å². The molecule has 0 unspecified atom stereocenters. The zero-order valence-electron chi connectivity index (χ0n) is 9.60. The molecule has 0 bridgehead atoms. The molecule has 2 N–H and O–H groups in total. The first-order valence-corrected chi connectivity index (χ1v) is 5.67. The van der Waals surface area contributed by atoms with Gasteiger partial charge in [0, 0.05) is 11.7 Å². The minimum atomic E-state index is -1.09. The molecule has 0 spiro atoms. The van der Waals surface area contributed by atoms with E-state index in [4.69, 9.17) is 5.26 Å². The van der Waals surface area contributed by atoms with Crippen molar-refractivity contribution < 1.29 is 5.11 Å². The minimum Gasteiger partial charge on any atom is -0.382 e. The third-order valence-electron chi connectivity index (χ3n) is 3.17. The van der Waals surface area contributed by atoms with Crippen LogP contribution >= 0.6 is 12.4 Å². The van der Waals surface area contributed by atoms with Crippen LogP contribution in [0.1, 0.15) is 25.7 Å². The predicted octanol–water partition coefficient (Wildman–Crippen LogP) is 2.72. The molecule has 3 nitrogen and oxygen atoms in total. The van der Waals surface area contributed by atoms with Gasteiger partial charge in [-0.3, -0.25) is 0 Å². The molecule has 4 heteroatoms. The average molecular weight is 253 g/mol. The number of anilines is 1. The number of nitriles is 1. The maximum Gasteiger partial charge on any atom is 0.151 e. The van der Waals surface area contributed by atoms with Crippen LogP contribution in [0.15, 0.2) is 30.3 Å². The van der Waals surface area contributed by atoms with Gasteiger partial charge in [0.15, 0.2) is 5.60 Å². The lowest BCUT2D eigenvalue weighted by atomic mass is 9.83. The highest BCUT2D eigenvalue weighted by molar-refractivity contribution is 5.85. The second-order valence-corrected chi connectivity index (χ2v) is 4.43. The van der Waals surface area contributed by atoms with Crippen molar-refractivity contribution in [2.75, 3.05) is 5.32 Å². The lowest BCUT2D eigenvalue weighted by Crippen LogP contribution is -2.37. The first kappa shape index (κ1) is 13.8. The molecule has 1 fully saturated rings. The Hall–Kier alpha value is -1.24. The third-order valence-corrected chi connectivity index (χ3v) is 3.17. The van der Waals surface area contributed by atoms with E-state index in [1.165, 1.54) is 0 Å². The second-order valence-electron chi connectivity index (χ2n) is 4.43. The fourth-order valence-corrected chi connectivity index (χ4v) is 2.12. The van der Waals surface area contributed by atoms with Crippen LogP contribution in [0.2, 0.25) is 0 Å². The van der Waals surface area contributed by atoms with Gasteiger partial charge >= 0.3 is 0 Å². The number of aliphatic hydroxyl groups is 1. The SMILES string of the molecule is Cl.N#CC1(O)CCC(Nc2ccccc2)CC1. The Morgan fingerprint density at radius 2 is 1.82 bits per heavy atom. The molecule has 1 aliphatic carbocycles. The first-order chi connectivity index (χ1) is 7.72. The van der Waals surface area contributed by atoms with E-state index in [0.717, 1.165) is 18.5 Å². The van der Waals surface area contributed by atoms with Crippen molar-refractivity contribution in [3.8, 4) is 6.07 Å². The topological polar surface area (TPSA) is 56.0 Å². The third kappa shape index (κ3) is 3.62. The van der Waals surface area contributed by atoms with Gasteiger partial charge in [-0.2, -0.15) is 5.26 Å².